The molecule has 0 spiro atoms. The third kappa shape index (κ3) is 2.87. The van der Waals surface area contributed by atoms with Crippen molar-refractivity contribution in [2.75, 3.05) is 23.8 Å². The van der Waals surface area contributed by atoms with Gasteiger partial charge in [0.1, 0.15) is 0 Å². The zero-order valence-electron chi connectivity index (χ0n) is 14.6. The fraction of sp³-hybridized carbons (Fsp3) is 0.200. The monoisotopic (exact) mass is 363 g/mol. The van der Waals surface area contributed by atoms with E-state index < -0.39 is 11.8 Å². The van der Waals surface area contributed by atoms with Crippen molar-refractivity contribution in [1.29, 1.82) is 0 Å². The molecule has 0 aliphatic carbocycles. The van der Waals surface area contributed by atoms with Crippen molar-refractivity contribution >= 4 is 35.0 Å². The average Bonchev–Trinajstić information content (AvgIpc) is 3.17. The molecule has 2 heterocycles. The molecule has 0 aromatic heterocycles. The first kappa shape index (κ1) is 17.0. The highest BCUT2D eigenvalue weighted by Gasteiger charge is 2.36. The van der Waals surface area contributed by atoms with Crippen LogP contribution in [0.4, 0.5) is 11.4 Å². The summed E-state index contributed by atoms with van der Waals surface area (Å²) in [4.78, 5) is 51.5. The number of benzene rings is 2. The van der Waals surface area contributed by atoms with Crippen LogP contribution in [0, 0.1) is 5.92 Å². The highest BCUT2D eigenvalue weighted by molar-refractivity contribution is 6.21. The molecule has 136 valence electrons. The van der Waals surface area contributed by atoms with E-state index in [1.54, 1.807) is 11.0 Å². The third-order valence-corrected chi connectivity index (χ3v) is 4.92. The maximum Gasteiger partial charge on any atom is 0.261 e. The molecule has 4 amide bonds. The molecule has 27 heavy (non-hydrogen) atoms. The molecule has 1 N–H and O–H groups in total. The molecule has 0 unspecified atom stereocenters. The molecule has 0 radical (unpaired) electrons. The second-order valence-electron chi connectivity index (χ2n) is 6.66. The number of amides is 4. The second kappa shape index (κ2) is 6.35. The van der Waals surface area contributed by atoms with E-state index >= 15 is 0 Å². The SMILES string of the molecule is CN1C(=O)c2ccc(NC(=O)[C@H]3CC(=O)N(c4ccccc4)C3)cc2C1=O. The molecular weight excluding hydrogens is 346 g/mol. The first-order valence-corrected chi connectivity index (χ1v) is 8.58. The smallest absolute Gasteiger partial charge is 0.261 e. The predicted molar refractivity (Wildman–Crippen MR) is 98.4 cm³/mol. The van der Waals surface area contributed by atoms with E-state index in [0.717, 1.165) is 10.6 Å². The number of rotatable bonds is 3. The van der Waals surface area contributed by atoms with Crippen molar-refractivity contribution in [3.63, 3.8) is 0 Å². The lowest BCUT2D eigenvalue weighted by molar-refractivity contribution is -0.122. The number of nitrogens with zero attached hydrogens (tertiary/aromatic N) is 2. The number of nitrogens with one attached hydrogen (secondary N) is 1. The minimum Gasteiger partial charge on any atom is -0.326 e. The summed E-state index contributed by atoms with van der Waals surface area (Å²) in [6.45, 7) is 0.305. The van der Waals surface area contributed by atoms with Crippen LogP contribution in [0.15, 0.2) is 48.5 Å². The lowest BCUT2D eigenvalue weighted by Crippen LogP contribution is -2.28. The molecule has 0 saturated carbocycles. The van der Waals surface area contributed by atoms with Gasteiger partial charge >= 0.3 is 0 Å². The number of fused-ring (bicyclic) bond motifs is 1. The molecule has 2 aromatic carbocycles. The first-order valence-electron chi connectivity index (χ1n) is 8.58. The molecular formula is C20H17N3O4. The molecule has 4 rings (SSSR count). The summed E-state index contributed by atoms with van der Waals surface area (Å²) in [5.41, 5.74) is 1.80. The zero-order valence-corrected chi connectivity index (χ0v) is 14.6. The van der Waals surface area contributed by atoms with Gasteiger partial charge in [0.05, 0.1) is 17.0 Å². The molecule has 7 heteroatoms. The van der Waals surface area contributed by atoms with Crippen molar-refractivity contribution in [3.8, 4) is 0 Å². The van der Waals surface area contributed by atoms with Gasteiger partial charge in [0.15, 0.2) is 0 Å². The Morgan fingerprint density at radius 2 is 1.70 bits per heavy atom. The average molecular weight is 363 g/mol. The maximum atomic E-state index is 12.6. The first-order chi connectivity index (χ1) is 13.0. The zero-order chi connectivity index (χ0) is 19.1. The van der Waals surface area contributed by atoms with Gasteiger partial charge in [0.2, 0.25) is 11.8 Å². The molecule has 1 atom stereocenters. The standard InChI is InChI=1S/C20H17N3O4/c1-22-19(26)15-8-7-13(10-16(15)20(22)27)21-18(25)12-9-17(24)23(11-12)14-5-3-2-4-6-14/h2-8,10,12H,9,11H2,1H3,(H,21,25)/t12-/m0/s1. The van der Waals surface area contributed by atoms with Gasteiger partial charge in [-0.25, -0.2) is 0 Å². The van der Waals surface area contributed by atoms with Crippen LogP contribution in [0.3, 0.4) is 0 Å². The minimum absolute atomic E-state index is 0.0993. The molecule has 0 bridgehead atoms. The Hall–Kier alpha value is -3.48. The molecule has 1 saturated heterocycles. The molecule has 2 aromatic rings. The minimum atomic E-state index is -0.481. The highest BCUT2D eigenvalue weighted by Crippen LogP contribution is 2.28. The predicted octanol–water partition coefficient (Wildman–Crippen LogP) is 1.90. The topological polar surface area (TPSA) is 86.8 Å². The van der Waals surface area contributed by atoms with Crippen LogP contribution in [0.1, 0.15) is 27.1 Å². The van der Waals surface area contributed by atoms with Crippen LogP contribution < -0.4 is 10.2 Å². The van der Waals surface area contributed by atoms with Crippen LogP contribution >= 0.6 is 0 Å². The number of hydrogen-bond acceptors (Lipinski definition) is 4. The van der Waals surface area contributed by atoms with E-state index in [4.69, 9.17) is 0 Å². The fourth-order valence-electron chi connectivity index (χ4n) is 3.42. The summed E-state index contributed by atoms with van der Waals surface area (Å²) in [7, 11) is 1.42. The van der Waals surface area contributed by atoms with Crippen molar-refractivity contribution < 1.29 is 19.2 Å². The fourth-order valence-corrected chi connectivity index (χ4v) is 3.42. The summed E-state index contributed by atoms with van der Waals surface area (Å²) in [6.07, 6.45) is 0.131. The van der Waals surface area contributed by atoms with Gasteiger partial charge in [-0.05, 0) is 30.3 Å². The summed E-state index contributed by atoms with van der Waals surface area (Å²) >= 11 is 0. The number of anilines is 2. The number of carbonyl (C=O) groups excluding carboxylic acids is 4. The Balaban J connectivity index is 1.49. The number of hydrogen-bond donors (Lipinski definition) is 1. The normalized spacial score (nSPS) is 18.9. The molecule has 7 nitrogen and oxygen atoms in total. The van der Waals surface area contributed by atoms with Gasteiger partial charge in [-0.3, -0.25) is 24.1 Å². The number of imide groups is 1. The second-order valence-corrected chi connectivity index (χ2v) is 6.66. The van der Waals surface area contributed by atoms with Crippen LogP contribution in [0.2, 0.25) is 0 Å². The summed E-state index contributed by atoms with van der Waals surface area (Å²) in [5.74, 6) is -1.61. The Bertz CT molecular complexity index is 970. The van der Waals surface area contributed by atoms with E-state index in [9.17, 15) is 19.2 Å². The number of carbonyl (C=O) groups is 4. The third-order valence-electron chi connectivity index (χ3n) is 4.92. The summed E-state index contributed by atoms with van der Waals surface area (Å²) in [5, 5.41) is 2.76. The van der Waals surface area contributed by atoms with Crippen LogP contribution in [0.25, 0.3) is 0 Å². The van der Waals surface area contributed by atoms with Gasteiger partial charge in [-0.2, -0.15) is 0 Å². The molecule has 2 aliphatic rings. The van der Waals surface area contributed by atoms with Crippen molar-refractivity contribution in [2.45, 2.75) is 6.42 Å². The van der Waals surface area contributed by atoms with Crippen LogP contribution in [-0.2, 0) is 9.59 Å². The van der Waals surface area contributed by atoms with E-state index in [-0.39, 0.29) is 29.7 Å². The van der Waals surface area contributed by atoms with Crippen molar-refractivity contribution in [2.24, 2.45) is 5.92 Å². The maximum absolute atomic E-state index is 12.6. The highest BCUT2D eigenvalue weighted by atomic mass is 16.2. The lowest BCUT2D eigenvalue weighted by Gasteiger charge is -2.16. The molecule has 2 aliphatic heterocycles. The summed E-state index contributed by atoms with van der Waals surface area (Å²) < 4.78 is 0. The van der Waals surface area contributed by atoms with E-state index in [1.807, 2.05) is 30.3 Å². The van der Waals surface area contributed by atoms with Crippen molar-refractivity contribution in [3.05, 3.63) is 59.7 Å². The Kier molecular flexibility index (Phi) is 3.99. The van der Waals surface area contributed by atoms with E-state index in [2.05, 4.69) is 5.32 Å². The van der Waals surface area contributed by atoms with Gasteiger partial charge in [0, 0.05) is 31.4 Å². The quantitative estimate of drug-likeness (QED) is 0.844. The Morgan fingerprint density at radius 1 is 1.00 bits per heavy atom. The molecule has 1 fully saturated rings. The van der Waals surface area contributed by atoms with Gasteiger partial charge in [0.25, 0.3) is 11.8 Å². The summed E-state index contributed by atoms with van der Waals surface area (Å²) in [6, 6.07) is 13.8. The van der Waals surface area contributed by atoms with Crippen LogP contribution in [0.5, 0.6) is 0 Å². The van der Waals surface area contributed by atoms with Gasteiger partial charge in [-0.1, -0.05) is 18.2 Å². The van der Waals surface area contributed by atoms with E-state index in [1.165, 1.54) is 19.2 Å². The Morgan fingerprint density at radius 3 is 2.44 bits per heavy atom. The van der Waals surface area contributed by atoms with Gasteiger partial charge < -0.3 is 10.2 Å². The van der Waals surface area contributed by atoms with Gasteiger partial charge in [-0.15, -0.1) is 0 Å². The lowest BCUT2D eigenvalue weighted by atomic mass is 10.1. The number of para-hydroxylation sites is 1. The largest absolute Gasteiger partial charge is 0.326 e. The Labute approximate surface area is 155 Å². The van der Waals surface area contributed by atoms with Crippen molar-refractivity contribution in [1.82, 2.24) is 4.90 Å². The van der Waals surface area contributed by atoms with Crippen LogP contribution in [-0.4, -0.2) is 42.1 Å². The van der Waals surface area contributed by atoms with E-state index in [0.29, 0.717) is 17.8 Å².